The molecule has 0 atom stereocenters. The number of ether oxygens (including phenoxy) is 1. The maximum atomic E-state index is 11.7. The van der Waals surface area contributed by atoms with E-state index < -0.39 is 0 Å². The number of hydrogen-bond acceptors (Lipinski definition) is 6. The van der Waals surface area contributed by atoms with Gasteiger partial charge in [-0.1, -0.05) is 12.1 Å². The van der Waals surface area contributed by atoms with Gasteiger partial charge >= 0.3 is 0 Å². The summed E-state index contributed by atoms with van der Waals surface area (Å²) in [5, 5.41) is 3.31. The smallest absolute Gasteiger partial charge is 0.259 e. The molecule has 0 bridgehead atoms. The minimum atomic E-state index is -0.0959. The highest BCUT2D eigenvalue weighted by molar-refractivity contribution is 5.77. The first kappa shape index (κ1) is 19.3. The van der Waals surface area contributed by atoms with Gasteiger partial charge in [-0.3, -0.25) is 4.79 Å². The number of nitrogens with two attached hydrogens (primary N) is 1. The molecular weight excluding hydrogens is 380 g/mol. The van der Waals surface area contributed by atoms with Gasteiger partial charge in [-0.05, 0) is 36.4 Å². The fourth-order valence-corrected chi connectivity index (χ4v) is 2.90. The van der Waals surface area contributed by atoms with Gasteiger partial charge in [0.05, 0.1) is 5.69 Å². The summed E-state index contributed by atoms with van der Waals surface area (Å²) in [7, 11) is 3.39. The van der Waals surface area contributed by atoms with Gasteiger partial charge in [0.2, 0.25) is 0 Å². The van der Waals surface area contributed by atoms with Crippen LogP contribution in [0.3, 0.4) is 0 Å². The number of hydrogen-bond donors (Lipinski definition) is 2. The Morgan fingerprint density at radius 3 is 2.73 bits per heavy atom. The third kappa shape index (κ3) is 4.17. The third-order valence-corrected chi connectivity index (χ3v) is 4.53. The Hall–Kier alpha value is -4.07. The molecule has 0 saturated heterocycles. The molecule has 0 aliphatic heterocycles. The lowest BCUT2D eigenvalue weighted by atomic mass is 10.1. The molecule has 2 heterocycles. The quantitative estimate of drug-likeness (QED) is 0.481. The summed E-state index contributed by atoms with van der Waals surface area (Å²) in [6.07, 6.45) is 5.52. The van der Waals surface area contributed by atoms with Crippen LogP contribution in [-0.2, 0) is 4.79 Å². The molecule has 152 valence electrons. The normalized spacial score (nSPS) is 10.7. The number of anilines is 3. The molecule has 0 aliphatic carbocycles. The van der Waals surface area contributed by atoms with Crippen LogP contribution in [0.2, 0.25) is 0 Å². The molecule has 8 heteroatoms. The van der Waals surface area contributed by atoms with Crippen molar-refractivity contribution in [1.29, 1.82) is 0 Å². The number of likely N-dealkylation sites (N-methyl/N-ethyl adjacent to an activating group) is 1. The highest BCUT2D eigenvalue weighted by Gasteiger charge is 2.10. The summed E-state index contributed by atoms with van der Waals surface area (Å²) < 4.78 is 7.43. The molecule has 3 N–H and O–H groups in total. The Balaban J connectivity index is 1.57. The number of benzene rings is 2. The molecular formula is C22H22N6O2. The van der Waals surface area contributed by atoms with Crippen molar-refractivity contribution in [3.8, 4) is 17.0 Å². The number of nitrogens with one attached hydrogen (secondary N) is 1. The van der Waals surface area contributed by atoms with E-state index in [9.17, 15) is 4.79 Å². The lowest BCUT2D eigenvalue weighted by molar-refractivity contribution is -0.130. The Kier molecular flexibility index (Phi) is 5.21. The molecule has 30 heavy (non-hydrogen) atoms. The lowest BCUT2D eigenvalue weighted by Gasteiger charge is -2.12. The average Bonchev–Trinajstić information content (AvgIpc) is 3.22. The first-order valence-corrected chi connectivity index (χ1v) is 9.39. The number of amides is 1. The van der Waals surface area contributed by atoms with Gasteiger partial charge < -0.3 is 25.1 Å². The molecule has 0 fully saturated rings. The van der Waals surface area contributed by atoms with Gasteiger partial charge in [-0.2, -0.15) is 0 Å². The van der Waals surface area contributed by atoms with Crippen LogP contribution in [0, 0.1) is 0 Å². The van der Waals surface area contributed by atoms with Crippen LogP contribution >= 0.6 is 0 Å². The summed E-state index contributed by atoms with van der Waals surface area (Å²) in [6, 6.07) is 14.9. The van der Waals surface area contributed by atoms with Crippen LogP contribution in [-0.4, -0.2) is 45.9 Å². The summed E-state index contributed by atoms with van der Waals surface area (Å²) in [4.78, 5) is 22.3. The van der Waals surface area contributed by atoms with Crippen molar-refractivity contribution in [3.63, 3.8) is 0 Å². The maximum Gasteiger partial charge on any atom is 0.259 e. The molecule has 0 saturated carbocycles. The van der Waals surface area contributed by atoms with Gasteiger partial charge in [0.1, 0.15) is 5.75 Å². The molecule has 1 amide bonds. The summed E-state index contributed by atoms with van der Waals surface area (Å²) in [6.45, 7) is -0.00171. The van der Waals surface area contributed by atoms with E-state index in [-0.39, 0.29) is 12.5 Å². The third-order valence-electron chi connectivity index (χ3n) is 4.53. The first-order valence-electron chi connectivity index (χ1n) is 9.39. The van der Waals surface area contributed by atoms with Crippen molar-refractivity contribution in [1.82, 2.24) is 19.3 Å². The van der Waals surface area contributed by atoms with Gasteiger partial charge in [-0.15, -0.1) is 0 Å². The highest BCUT2D eigenvalue weighted by atomic mass is 16.5. The van der Waals surface area contributed by atoms with Crippen molar-refractivity contribution in [2.45, 2.75) is 0 Å². The number of imidazole rings is 1. The summed E-state index contributed by atoms with van der Waals surface area (Å²) >= 11 is 0. The van der Waals surface area contributed by atoms with Gasteiger partial charge in [-0.25, -0.2) is 9.97 Å². The van der Waals surface area contributed by atoms with Crippen LogP contribution in [0.25, 0.3) is 16.9 Å². The predicted molar refractivity (Wildman–Crippen MR) is 117 cm³/mol. The fourth-order valence-electron chi connectivity index (χ4n) is 2.90. The van der Waals surface area contributed by atoms with E-state index in [2.05, 4.69) is 10.3 Å². The molecule has 0 unspecified atom stereocenters. The molecule has 0 aliphatic rings. The highest BCUT2D eigenvalue weighted by Crippen LogP contribution is 2.26. The monoisotopic (exact) mass is 402 g/mol. The Bertz CT molecular complexity index is 1180. The number of rotatable bonds is 6. The zero-order chi connectivity index (χ0) is 21.1. The standard InChI is InChI=1S/C22H22N6O2/c1-27(2)20(29)14-30-18-8-6-17(7-9-18)25-21-22-24-10-11-28(22)13-19(26-21)15-4-3-5-16(23)12-15/h3-13H,14,23H2,1-2H3,(H,25,26). The number of aromatic nitrogens is 3. The van der Waals surface area contributed by atoms with Crippen LogP contribution in [0.5, 0.6) is 5.75 Å². The zero-order valence-corrected chi connectivity index (χ0v) is 16.7. The van der Waals surface area contributed by atoms with E-state index in [0.717, 1.165) is 16.9 Å². The Labute approximate surface area is 173 Å². The average molecular weight is 402 g/mol. The largest absolute Gasteiger partial charge is 0.484 e. The number of carbonyl (C=O) groups is 1. The van der Waals surface area contributed by atoms with Crippen LogP contribution in [0.1, 0.15) is 0 Å². The molecule has 4 rings (SSSR count). The number of carbonyl (C=O) groups excluding carboxylic acids is 1. The van der Waals surface area contributed by atoms with Crippen molar-refractivity contribution in [2.75, 3.05) is 31.8 Å². The molecule has 0 spiro atoms. The molecule has 4 aromatic rings. The van der Waals surface area contributed by atoms with Crippen molar-refractivity contribution in [3.05, 3.63) is 67.1 Å². The topological polar surface area (TPSA) is 97.8 Å². The fraction of sp³-hybridized carbons (Fsp3) is 0.136. The predicted octanol–water partition coefficient (Wildman–Crippen LogP) is 3.19. The maximum absolute atomic E-state index is 11.7. The van der Waals surface area contributed by atoms with Gasteiger partial charge in [0.25, 0.3) is 5.91 Å². The number of nitrogen functional groups attached to an aromatic ring is 1. The van der Waals surface area contributed by atoms with E-state index in [1.807, 2.05) is 53.2 Å². The van der Waals surface area contributed by atoms with Crippen molar-refractivity contribution >= 4 is 28.7 Å². The second-order valence-electron chi connectivity index (χ2n) is 6.98. The van der Waals surface area contributed by atoms with Crippen molar-refractivity contribution in [2.24, 2.45) is 0 Å². The molecule has 0 radical (unpaired) electrons. The van der Waals surface area contributed by atoms with Gasteiger partial charge in [0, 0.05) is 49.6 Å². The Morgan fingerprint density at radius 2 is 2.00 bits per heavy atom. The van der Waals surface area contributed by atoms with Crippen molar-refractivity contribution < 1.29 is 9.53 Å². The van der Waals surface area contributed by atoms with Crippen LogP contribution in [0.4, 0.5) is 17.2 Å². The minimum Gasteiger partial charge on any atom is -0.484 e. The molecule has 2 aromatic heterocycles. The van der Waals surface area contributed by atoms with Gasteiger partial charge in [0.15, 0.2) is 18.1 Å². The van der Waals surface area contributed by atoms with E-state index in [4.69, 9.17) is 15.5 Å². The number of fused-ring (bicyclic) bond motifs is 1. The summed E-state index contributed by atoms with van der Waals surface area (Å²) in [5.74, 6) is 1.14. The summed E-state index contributed by atoms with van der Waals surface area (Å²) in [5.41, 5.74) is 9.83. The van der Waals surface area contributed by atoms with E-state index in [0.29, 0.717) is 22.9 Å². The first-order chi connectivity index (χ1) is 14.5. The van der Waals surface area contributed by atoms with E-state index in [1.165, 1.54) is 4.90 Å². The second kappa shape index (κ2) is 8.12. The minimum absolute atomic E-state index is 0.00171. The van der Waals surface area contributed by atoms with E-state index >= 15 is 0 Å². The van der Waals surface area contributed by atoms with Crippen LogP contribution < -0.4 is 15.8 Å². The Morgan fingerprint density at radius 1 is 1.20 bits per heavy atom. The molecule has 2 aromatic carbocycles. The molecule has 8 nitrogen and oxygen atoms in total. The second-order valence-corrected chi connectivity index (χ2v) is 6.98. The zero-order valence-electron chi connectivity index (χ0n) is 16.7. The SMILES string of the molecule is CN(C)C(=O)COc1ccc(Nc2nc(-c3cccc(N)c3)cn3ccnc23)cc1. The van der Waals surface area contributed by atoms with Crippen LogP contribution in [0.15, 0.2) is 67.1 Å². The number of nitrogens with zero attached hydrogens (tertiary/aromatic N) is 4. The lowest BCUT2D eigenvalue weighted by Crippen LogP contribution is -2.27. The van der Waals surface area contributed by atoms with E-state index in [1.54, 1.807) is 32.4 Å².